The molecule has 0 radical (unpaired) electrons. The molecule has 11 rings (SSSR count). The van der Waals surface area contributed by atoms with Gasteiger partial charge in [-0.05, 0) is 112 Å². The van der Waals surface area contributed by atoms with Crippen LogP contribution >= 0.6 is 0 Å². The van der Waals surface area contributed by atoms with E-state index in [0.29, 0.717) is 0 Å². The summed E-state index contributed by atoms with van der Waals surface area (Å²) in [5, 5.41) is 17.3. The molecule has 0 aliphatic carbocycles. The van der Waals surface area contributed by atoms with Gasteiger partial charge in [-0.1, -0.05) is 158 Å². The predicted molar refractivity (Wildman–Crippen MR) is 224 cm³/mol. The van der Waals surface area contributed by atoms with Crippen molar-refractivity contribution in [2.24, 2.45) is 0 Å². The Morgan fingerprint density at radius 1 is 0.302 bits per heavy atom. The minimum Gasteiger partial charge on any atom is -0.240 e. The lowest BCUT2D eigenvalue weighted by Gasteiger charge is -2.19. The van der Waals surface area contributed by atoms with Crippen LogP contribution in [0.1, 0.15) is 0 Å². The molecule has 2 nitrogen and oxygen atoms in total. The number of pyridine rings is 1. The summed E-state index contributed by atoms with van der Waals surface area (Å²) in [6.45, 7) is 0. The maximum atomic E-state index is 4.95. The van der Waals surface area contributed by atoms with Gasteiger partial charge in [0.25, 0.3) is 0 Å². The van der Waals surface area contributed by atoms with E-state index in [1.54, 1.807) is 0 Å². The van der Waals surface area contributed by atoms with Gasteiger partial charge in [0.15, 0.2) is 0 Å². The molecular formula is C51H32N2. The zero-order valence-corrected chi connectivity index (χ0v) is 28.9. The molecule has 9 aromatic carbocycles. The average Bonchev–Trinajstić information content (AvgIpc) is 3.64. The first-order valence-electron chi connectivity index (χ1n) is 18.2. The minimum atomic E-state index is 0.968. The van der Waals surface area contributed by atoms with Crippen molar-refractivity contribution >= 4 is 59.4 Å². The second-order valence-electron chi connectivity index (χ2n) is 14.1. The molecule has 0 spiro atoms. The maximum Gasteiger partial charge on any atom is 0.0933 e. The van der Waals surface area contributed by atoms with E-state index >= 15 is 0 Å². The zero-order chi connectivity index (χ0) is 34.9. The molecule has 0 bridgehead atoms. The van der Waals surface area contributed by atoms with Gasteiger partial charge in [0.1, 0.15) is 0 Å². The number of rotatable bonds is 4. The lowest BCUT2D eigenvalue weighted by Crippen LogP contribution is -1.92. The molecule has 0 amide bonds. The van der Waals surface area contributed by atoms with Gasteiger partial charge in [0, 0.05) is 17.1 Å². The number of benzene rings is 9. The van der Waals surface area contributed by atoms with Gasteiger partial charge in [-0.25, -0.2) is 4.52 Å². The highest BCUT2D eigenvalue weighted by molar-refractivity contribution is 6.22. The number of fused-ring (bicyclic) bond motifs is 6. The van der Waals surface area contributed by atoms with Crippen molar-refractivity contribution in [3.63, 3.8) is 0 Å². The smallest absolute Gasteiger partial charge is 0.0933 e. The molecule has 0 aliphatic heterocycles. The summed E-state index contributed by atoms with van der Waals surface area (Å²) in [5.41, 5.74) is 10.5. The summed E-state index contributed by atoms with van der Waals surface area (Å²) in [5.74, 6) is 0. The van der Waals surface area contributed by atoms with Gasteiger partial charge < -0.3 is 0 Å². The van der Waals surface area contributed by atoms with Crippen LogP contribution in [0.5, 0.6) is 0 Å². The van der Waals surface area contributed by atoms with Crippen LogP contribution in [0.15, 0.2) is 194 Å². The normalized spacial score (nSPS) is 11.8. The molecule has 0 unspecified atom stereocenters. The van der Waals surface area contributed by atoms with E-state index in [9.17, 15) is 0 Å². The fourth-order valence-corrected chi connectivity index (χ4v) is 8.32. The molecule has 0 atom stereocenters. The van der Waals surface area contributed by atoms with Crippen LogP contribution in [0, 0.1) is 0 Å². The minimum absolute atomic E-state index is 0.968. The van der Waals surface area contributed by atoms with Crippen molar-refractivity contribution in [2.75, 3.05) is 0 Å². The lowest BCUT2D eigenvalue weighted by atomic mass is 9.84. The quantitative estimate of drug-likeness (QED) is 0.170. The van der Waals surface area contributed by atoms with E-state index in [1.165, 1.54) is 87.2 Å². The first kappa shape index (κ1) is 29.7. The van der Waals surface area contributed by atoms with Crippen LogP contribution in [-0.4, -0.2) is 9.61 Å². The summed E-state index contributed by atoms with van der Waals surface area (Å²) in [6, 6.07) is 68.7. The number of aromatic nitrogens is 2. The van der Waals surface area contributed by atoms with Crippen molar-refractivity contribution in [1.29, 1.82) is 0 Å². The van der Waals surface area contributed by atoms with Crippen molar-refractivity contribution < 1.29 is 0 Å². The van der Waals surface area contributed by atoms with E-state index < -0.39 is 0 Å². The van der Waals surface area contributed by atoms with Crippen LogP contribution in [0.3, 0.4) is 0 Å². The van der Waals surface area contributed by atoms with Gasteiger partial charge in [-0.15, -0.1) is 0 Å². The maximum absolute atomic E-state index is 4.95. The number of hydrogen-bond acceptors (Lipinski definition) is 1. The van der Waals surface area contributed by atoms with Crippen LogP contribution < -0.4 is 0 Å². The monoisotopic (exact) mass is 672 g/mol. The highest BCUT2D eigenvalue weighted by Crippen LogP contribution is 2.45. The third-order valence-corrected chi connectivity index (χ3v) is 10.9. The molecular weight excluding hydrogens is 641 g/mol. The molecule has 2 heteroatoms. The van der Waals surface area contributed by atoms with Gasteiger partial charge >= 0.3 is 0 Å². The molecule has 0 aliphatic rings. The van der Waals surface area contributed by atoms with Crippen molar-refractivity contribution in [2.45, 2.75) is 0 Å². The van der Waals surface area contributed by atoms with Crippen LogP contribution in [0.2, 0.25) is 0 Å². The number of hydrogen-bond donors (Lipinski definition) is 0. The largest absolute Gasteiger partial charge is 0.240 e. The highest BCUT2D eigenvalue weighted by Gasteiger charge is 2.18. The Kier molecular flexibility index (Phi) is 6.59. The van der Waals surface area contributed by atoms with Crippen LogP contribution in [0.25, 0.3) is 104 Å². The van der Waals surface area contributed by atoms with Crippen molar-refractivity contribution in [3.8, 4) is 44.6 Å². The van der Waals surface area contributed by atoms with Gasteiger partial charge in [-0.2, -0.15) is 5.10 Å². The fourth-order valence-electron chi connectivity index (χ4n) is 8.32. The zero-order valence-electron chi connectivity index (χ0n) is 28.9. The van der Waals surface area contributed by atoms with Gasteiger partial charge in [0.05, 0.1) is 11.2 Å². The molecule has 2 aromatic heterocycles. The van der Waals surface area contributed by atoms with E-state index in [2.05, 4.69) is 194 Å². The number of nitrogens with zero attached hydrogens (tertiary/aromatic N) is 2. The topological polar surface area (TPSA) is 17.3 Å². The van der Waals surface area contributed by atoms with Crippen LogP contribution in [0.4, 0.5) is 0 Å². The Morgan fingerprint density at radius 3 is 1.42 bits per heavy atom. The highest BCUT2D eigenvalue weighted by atomic mass is 15.2. The molecule has 53 heavy (non-hydrogen) atoms. The Hall–Kier alpha value is -7.03. The molecule has 246 valence electrons. The molecule has 0 N–H and O–H groups in total. The van der Waals surface area contributed by atoms with Gasteiger partial charge in [-0.3, -0.25) is 0 Å². The fraction of sp³-hybridized carbons (Fsp3) is 0. The standard InChI is InChI=1S/C51H32N2/c1-3-11-37-27-41(23-19-33(37)9-1)50-45-15-7-8-16-46(45)51(42-24-20-34-10-2-4-12-38(34)28-42)48-30-40(25-26-47(48)50)35-17-21-36(22-18-35)49-31-44-29-39-13-5-6-14-43(39)32-53(44)52-49/h1-32H. The molecule has 0 fully saturated rings. The lowest BCUT2D eigenvalue weighted by molar-refractivity contribution is 0.974. The third kappa shape index (κ3) is 4.92. The molecule has 11 aromatic rings. The van der Waals surface area contributed by atoms with Crippen molar-refractivity contribution in [1.82, 2.24) is 9.61 Å². The SMILES string of the molecule is c1ccc2cc(-c3c4ccccc4c(-c4ccc5ccccc5c4)c4cc(-c5ccc(-c6cc7cc8ccccc8cn7n6)cc5)ccc34)ccc2c1. The molecule has 0 saturated heterocycles. The summed E-state index contributed by atoms with van der Waals surface area (Å²) < 4.78 is 1.99. The van der Waals surface area contributed by atoms with Crippen LogP contribution in [-0.2, 0) is 0 Å². The van der Waals surface area contributed by atoms with E-state index in [0.717, 1.165) is 16.8 Å². The molecule has 2 heterocycles. The second-order valence-corrected chi connectivity index (χ2v) is 14.1. The van der Waals surface area contributed by atoms with E-state index in [-0.39, 0.29) is 0 Å². The second kappa shape index (κ2) is 11.8. The molecule has 0 saturated carbocycles. The van der Waals surface area contributed by atoms with E-state index in [1.807, 2.05) is 4.52 Å². The average molecular weight is 673 g/mol. The summed E-state index contributed by atoms with van der Waals surface area (Å²) in [6.07, 6.45) is 2.11. The third-order valence-electron chi connectivity index (χ3n) is 10.9. The Morgan fingerprint density at radius 2 is 0.774 bits per heavy atom. The Labute approximate surface area is 306 Å². The predicted octanol–water partition coefficient (Wildman–Crippen LogP) is 13.8. The first-order chi connectivity index (χ1) is 26.2. The summed E-state index contributed by atoms with van der Waals surface area (Å²) in [7, 11) is 0. The Bertz CT molecular complexity index is 3170. The van der Waals surface area contributed by atoms with Gasteiger partial charge in [0.2, 0.25) is 0 Å². The summed E-state index contributed by atoms with van der Waals surface area (Å²) >= 11 is 0. The van der Waals surface area contributed by atoms with E-state index in [4.69, 9.17) is 5.10 Å². The Balaban J connectivity index is 1.11. The van der Waals surface area contributed by atoms with Crippen molar-refractivity contribution in [3.05, 3.63) is 194 Å². The first-order valence-corrected chi connectivity index (χ1v) is 18.2. The summed E-state index contributed by atoms with van der Waals surface area (Å²) in [4.78, 5) is 0.